The summed E-state index contributed by atoms with van der Waals surface area (Å²) in [5.41, 5.74) is -0.211. The highest BCUT2D eigenvalue weighted by Gasteiger charge is 2.16. The Morgan fingerprint density at radius 3 is 2.64 bits per heavy atom. The molecule has 0 spiro atoms. The van der Waals surface area contributed by atoms with Gasteiger partial charge >= 0.3 is 11.9 Å². The fourth-order valence-electron chi connectivity index (χ4n) is 0.899. The Labute approximate surface area is 79.1 Å². The van der Waals surface area contributed by atoms with Gasteiger partial charge in [0.1, 0.15) is 5.76 Å². The average molecular weight is 199 g/mol. The molecule has 76 valence electrons. The van der Waals surface area contributed by atoms with Gasteiger partial charge in [-0.3, -0.25) is 4.79 Å². The van der Waals surface area contributed by atoms with Crippen LogP contribution >= 0.6 is 0 Å². The second kappa shape index (κ2) is 3.91. The first-order valence-corrected chi connectivity index (χ1v) is 3.92. The molecule has 1 heterocycles. The molecule has 6 nitrogen and oxygen atoms in total. The molecule has 14 heavy (non-hydrogen) atoms. The SMILES string of the molecule is CC(Cc1cc(C(=O)O)no1)C(=O)O. The summed E-state index contributed by atoms with van der Waals surface area (Å²) in [7, 11) is 0. The molecule has 0 bridgehead atoms. The van der Waals surface area contributed by atoms with E-state index in [4.69, 9.17) is 10.2 Å². The molecule has 1 rings (SSSR count). The molecule has 0 saturated heterocycles. The van der Waals surface area contributed by atoms with E-state index in [0.717, 1.165) is 0 Å². The molecule has 0 saturated carbocycles. The van der Waals surface area contributed by atoms with E-state index in [1.54, 1.807) is 0 Å². The highest BCUT2D eigenvalue weighted by Crippen LogP contribution is 2.10. The predicted molar refractivity (Wildman–Crippen MR) is 44.0 cm³/mol. The van der Waals surface area contributed by atoms with Crippen LogP contribution in [0, 0.1) is 5.92 Å². The Bertz CT molecular complexity index is 356. The minimum Gasteiger partial charge on any atom is -0.481 e. The lowest BCUT2D eigenvalue weighted by atomic mass is 10.1. The van der Waals surface area contributed by atoms with Crippen LogP contribution in [0.1, 0.15) is 23.2 Å². The first-order chi connectivity index (χ1) is 6.50. The van der Waals surface area contributed by atoms with Gasteiger partial charge in [-0.15, -0.1) is 0 Å². The second-order valence-electron chi connectivity index (χ2n) is 2.93. The first-order valence-electron chi connectivity index (χ1n) is 3.92. The van der Waals surface area contributed by atoms with Crippen molar-refractivity contribution in [3.63, 3.8) is 0 Å². The Kier molecular flexibility index (Phi) is 2.85. The van der Waals surface area contributed by atoms with E-state index >= 15 is 0 Å². The number of aliphatic carboxylic acids is 1. The van der Waals surface area contributed by atoms with Crippen LogP contribution in [0.3, 0.4) is 0 Å². The normalized spacial score (nSPS) is 12.4. The van der Waals surface area contributed by atoms with Crippen LogP contribution in [0.2, 0.25) is 0 Å². The number of rotatable bonds is 4. The summed E-state index contributed by atoms with van der Waals surface area (Å²) in [6, 6.07) is 1.22. The van der Waals surface area contributed by atoms with Crippen molar-refractivity contribution in [3.8, 4) is 0 Å². The maximum atomic E-state index is 10.5. The number of carboxylic acid groups (broad SMARTS) is 2. The van der Waals surface area contributed by atoms with Gasteiger partial charge in [0.05, 0.1) is 5.92 Å². The number of nitrogens with zero attached hydrogens (tertiary/aromatic N) is 1. The fourth-order valence-corrected chi connectivity index (χ4v) is 0.899. The largest absolute Gasteiger partial charge is 0.481 e. The Morgan fingerprint density at radius 2 is 2.21 bits per heavy atom. The zero-order valence-corrected chi connectivity index (χ0v) is 7.43. The molecule has 1 atom stereocenters. The fraction of sp³-hybridized carbons (Fsp3) is 0.375. The summed E-state index contributed by atoms with van der Waals surface area (Å²) >= 11 is 0. The van der Waals surface area contributed by atoms with E-state index in [1.165, 1.54) is 13.0 Å². The lowest BCUT2D eigenvalue weighted by molar-refractivity contribution is -0.141. The Morgan fingerprint density at radius 1 is 1.57 bits per heavy atom. The van der Waals surface area contributed by atoms with E-state index in [9.17, 15) is 9.59 Å². The molecule has 1 unspecified atom stereocenters. The van der Waals surface area contributed by atoms with E-state index in [0.29, 0.717) is 0 Å². The van der Waals surface area contributed by atoms with Gasteiger partial charge in [0, 0.05) is 12.5 Å². The molecule has 0 aliphatic heterocycles. The van der Waals surface area contributed by atoms with Crippen molar-refractivity contribution in [2.24, 2.45) is 5.92 Å². The predicted octanol–water partition coefficient (Wildman–Crippen LogP) is 0.636. The lowest BCUT2D eigenvalue weighted by Gasteiger charge is -2.00. The van der Waals surface area contributed by atoms with Crippen molar-refractivity contribution in [2.75, 3.05) is 0 Å². The number of carboxylic acids is 2. The highest BCUT2D eigenvalue weighted by molar-refractivity contribution is 5.85. The van der Waals surface area contributed by atoms with Gasteiger partial charge in [-0.1, -0.05) is 12.1 Å². The molecule has 0 radical (unpaired) electrons. The number of aromatic carboxylic acids is 1. The van der Waals surface area contributed by atoms with Gasteiger partial charge in [0.25, 0.3) is 0 Å². The number of hydrogen-bond acceptors (Lipinski definition) is 4. The number of hydrogen-bond donors (Lipinski definition) is 2. The minimum absolute atomic E-state index is 0.135. The summed E-state index contributed by atoms with van der Waals surface area (Å²) < 4.78 is 4.65. The lowest BCUT2D eigenvalue weighted by Crippen LogP contribution is -2.11. The molecule has 1 aromatic rings. The zero-order valence-electron chi connectivity index (χ0n) is 7.43. The molecule has 0 aliphatic rings. The van der Waals surface area contributed by atoms with Crippen molar-refractivity contribution in [2.45, 2.75) is 13.3 Å². The summed E-state index contributed by atoms with van der Waals surface area (Å²) in [5.74, 6) is -2.51. The van der Waals surface area contributed by atoms with Crippen LogP contribution < -0.4 is 0 Å². The first kappa shape index (κ1) is 10.2. The average Bonchev–Trinajstić information content (AvgIpc) is 2.52. The molecule has 0 fully saturated rings. The van der Waals surface area contributed by atoms with Crippen LogP contribution in [0.4, 0.5) is 0 Å². The third-order valence-corrected chi connectivity index (χ3v) is 1.71. The van der Waals surface area contributed by atoms with E-state index < -0.39 is 17.9 Å². The van der Waals surface area contributed by atoms with Gasteiger partial charge in [-0.2, -0.15) is 0 Å². The smallest absolute Gasteiger partial charge is 0.358 e. The molecular weight excluding hydrogens is 190 g/mol. The third-order valence-electron chi connectivity index (χ3n) is 1.71. The van der Waals surface area contributed by atoms with Crippen LogP contribution in [0.5, 0.6) is 0 Å². The highest BCUT2D eigenvalue weighted by atomic mass is 16.5. The van der Waals surface area contributed by atoms with Crippen molar-refractivity contribution in [3.05, 3.63) is 17.5 Å². The van der Waals surface area contributed by atoms with Gasteiger partial charge in [0.2, 0.25) is 0 Å². The summed E-state index contributed by atoms with van der Waals surface area (Å²) in [6.07, 6.45) is 0.135. The second-order valence-corrected chi connectivity index (χ2v) is 2.93. The van der Waals surface area contributed by atoms with Crippen molar-refractivity contribution < 1.29 is 24.3 Å². The summed E-state index contributed by atoms with van der Waals surface area (Å²) in [5, 5.41) is 20.3. The van der Waals surface area contributed by atoms with E-state index in [-0.39, 0.29) is 17.9 Å². The maximum absolute atomic E-state index is 10.5. The molecular formula is C8H9NO5. The zero-order chi connectivity index (χ0) is 10.7. The van der Waals surface area contributed by atoms with Gasteiger partial charge in [-0.05, 0) is 0 Å². The molecule has 0 aliphatic carbocycles. The van der Waals surface area contributed by atoms with Gasteiger partial charge < -0.3 is 14.7 Å². The minimum atomic E-state index is -1.19. The van der Waals surface area contributed by atoms with Gasteiger partial charge in [-0.25, -0.2) is 4.79 Å². The van der Waals surface area contributed by atoms with Crippen LogP contribution in [0.15, 0.2) is 10.6 Å². The summed E-state index contributed by atoms with van der Waals surface area (Å²) in [4.78, 5) is 20.9. The van der Waals surface area contributed by atoms with E-state index in [2.05, 4.69) is 9.68 Å². The van der Waals surface area contributed by atoms with Crippen molar-refractivity contribution in [1.82, 2.24) is 5.16 Å². The quantitative estimate of drug-likeness (QED) is 0.737. The topological polar surface area (TPSA) is 101 Å². The molecule has 0 aromatic carbocycles. The standard InChI is InChI=1S/C8H9NO5/c1-4(7(10)11)2-5-3-6(8(12)13)9-14-5/h3-4H,2H2,1H3,(H,10,11)(H,12,13). The van der Waals surface area contributed by atoms with Crippen LogP contribution in [-0.2, 0) is 11.2 Å². The molecule has 2 N–H and O–H groups in total. The van der Waals surface area contributed by atoms with Crippen LogP contribution in [0.25, 0.3) is 0 Å². The third kappa shape index (κ3) is 2.32. The Hall–Kier alpha value is -1.85. The summed E-state index contributed by atoms with van der Waals surface area (Å²) in [6.45, 7) is 1.51. The molecule has 0 amide bonds. The number of aromatic nitrogens is 1. The monoisotopic (exact) mass is 199 g/mol. The van der Waals surface area contributed by atoms with Gasteiger partial charge in [0.15, 0.2) is 5.69 Å². The van der Waals surface area contributed by atoms with Crippen LogP contribution in [-0.4, -0.2) is 27.3 Å². The van der Waals surface area contributed by atoms with Crippen molar-refractivity contribution >= 4 is 11.9 Å². The molecule has 1 aromatic heterocycles. The Balaban J connectivity index is 2.69. The number of carbonyl (C=O) groups is 2. The van der Waals surface area contributed by atoms with Crippen molar-refractivity contribution in [1.29, 1.82) is 0 Å². The van der Waals surface area contributed by atoms with E-state index in [1.807, 2.05) is 0 Å². The maximum Gasteiger partial charge on any atom is 0.358 e. The molecule has 6 heteroatoms.